The highest BCUT2D eigenvalue weighted by atomic mass is 16.7. The lowest BCUT2D eigenvalue weighted by Crippen LogP contribution is -2.34. The third-order valence-corrected chi connectivity index (χ3v) is 3.23. The zero-order valence-corrected chi connectivity index (χ0v) is 25.4. The van der Waals surface area contributed by atoms with Crippen molar-refractivity contribution in [3.8, 4) is 0 Å². The summed E-state index contributed by atoms with van der Waals surface area (Å²) in [4.78, 5) is 112. The van der Waals surface area contributed by atoms with E-state index in [4.69, 9.17) is 0 Å². The van der Waals surface area contributed by atoms with Crippen molar-refractivity contribution >= 4 is 36.2 Å². The molecule has 0 atom stereocenters. The first kappa shape index (κ1) is 43.3. The third-order valence-electron chi connectivity index (χ3n) is 3.23. The fraction of sp³-hybridized carbons (Fsp3) is 0.375. The minimum atomic E-state index is -0.802. The molecule has 0 aliphatic rings. The van der Waals surface area contributed by atoms with E-state index in [0.29, 0.717) is 0 Å². The molecule has 0 aromatic carbocycles. The number of carbonyl (C=O) groups is 6. The number of aromatic amines is 3. The van der Waals surface area contributed by atoms with Crippen LogP contribution in [0.4, 0.5) is 14.4 Å². The maximum atomic E-state index is 10.7. The SMILES string of the molecule is C=C(C)C(=O)ONC(=O)OCC.C=C(C)C(=O)ONC(=O)OCC.C=C(C)C(=O)ONC(=O)OCC.O=c1[nH]c(=O)[nH]c(=O)[nH]1. The van der Waals surface area contributed by atoms with Crippen LogP contribution < -0.4 is 33.5 Å². The molecular formula is C24H36N6O15. The number of hydrogen-bond donors (Lipinski definition) is 6. The summed E-state index contributed by atoms with van der Waals surface area (Å²) >= 11 is 0. The van der Waals surface area contributed by atoms with Gasteiger partial charge in [0.15, 0.2) is 0 Å². The van der Waals surface area contributed by atoms with Crippen LogP contribution in [0.15, 0.2) is 50.8 Å². The van der Waals surface area contributed by atoms with Crippen LogP contribution >= 0.6 is 0 Å². The summed E-state index contributed by atoms with van der Waals surface area (Å²) in [6.45, 7) is 19.9. The second-order valence-corrected chi connectivity index (χ2v) is 7.34. The van der Waals surface area contributed by atoms with Crippen LogP contribution in [0.25, 0.3) is 0 Å². The minimum Gasteiger partial charge on any atom is -0.448 e. The number of carbonyl (C=O) groups excluding carboxylic acids is 6. The first-order chi connectivity index (χ1) is 20.9. The predicted molar refractivity (Wildman–Crippen MR) is 151 cm³/mol. The van der Waals surface area contributed by atoms with Gasteiger partial charge in [-0.15, -0.1) is 16.4 Å². The van der Waals surface area contributed by atoms with E-state index >= 15 is 0 Å². The summed E-state index contributed by atoms with van der Waals surface area (Å²) in [5, 5.41) is 0. The van der Waals surface area contributed by atoms with Crippen LogP contribution in [-0.4, -0.2) is 71.0 Å². The average Bonchev–Trinajstić information content (AvgIpc) is 2.93. The van der Waals surface area contributed by atoms with E-state index in [1.165, 1.54) is 20.8 Å². The largest absolute Gasteiger partial charge is 0.448 e. The normalized spacial score (nSPS) is 8.67. The highest BCUT2D eigenvalue weighted by Gasteiger charge is 2.08. The predicted octanol–water partition coefficient (Wildman–Crippen LogP) is 0.0519. The molecule has 21 nitrogen and oxygen atoms in total. The highest BCUT2D eigenvalue weighted by molar-refractivity contribution is 5.88. The number of nitrogens with one attached hydrogen (secondary N) is 6. The van der Waals surface area contributed by atoms with Crippen molar-refractivity contribution in [1.29, 1.82) is 0 Å². The lowest BCUT2D eigenvalue weighted by Gasteiger charge is -2.04. The topological polar surface area (TPSA) is 292 Å². The Labute approximate surface area is 254 Å². The van der Waals surface area contributed by atoms with Gasteiger partial charge in [-0.2, -0.15) is 0 Å². The monoisotopic (exact) mass is 648 g/mol. The number of rotatable bonds is 6. The molecular weight excluding hydrogens is 612 g/mol. The Morgan fingerprint density at radius 2 is 0.711 bits per heavy atom. The number of H-pyrrole nitrogens is 3. The molecule has 0 bridgehead atoms. The number of amides is 3. The molecule has 0 saturated carbocycles. The van der Waals surface area contributed by atoms with E-state index in [2.05, 4.69) is 48.5 Å². The summed E-state index contributed by atoms with van der Waals surface area (Å²) in [5.41, 5.74) is 3.58. The number of ether oxygens (including phenoxy) is 3. The van der Waals surface area contributed by atoms with Gasteiger partial charge >= 0.3 is 53.3 Å². The van der Waals surface area contributed by atoms with E-state index in [-0.39, 0.29) is 36.5 Å². The van der Waals surface area contributed by atoms with Crippen molar-refractivity contribution < 1.29 is 57.5 Å². The molecule has 0 saturated heterocycles. The summed E-state index contributed by atoms with van der Waals surface area (Å²) in [6.07, 6.45) is -2.40. The van der Waals surface area contributed by atoms with Crippen molar-refractivity contribution in [1.82, 2.24) is 31.4 Å². The fourth-order valence-electron chi connectivity index (χ4n) is 1.41. The smallest absolute Gasteiger partial charge is 0.440 e. The standard InChI is InChI=1S/3C7H11NO4.C3H3N3O3/c3*1-4-11-7(10)8-12-6(9)5(2)3;7-1-4-2(8)6-3(9)5-1/h3*2,4H2,1,3H3,(H,8,10);(H3,4,5,6,7,8,9). The van der Waals surface area contributed by atoms with Crippen LogP contribution in [0.1, 0.15) is 41.5 Å². The average molecular weight is 649 g/mol. The Hall–Kier alpha value is -6.15. The van der Waals surface area contributed by atoms with Gasteiger partial charge < -0.3 is 28.7 Å². The fourth-order valence-corrected chi connectivity index (χ4v) is 1.41. The Balaban J connectivity index is -0.000000525. The van der Waals surface area contributed by atoms with Crippen LogP contribution in [0.3, 0.4) is 0 Å². The number of aromatic nitrogens is 3. The van der Waals surface area contributed by atoms with E-state index in [1.807, 2.05) is 0 Å². The van der Waals surface area contributed by atoms with E-state index in [0.717, 1.165) is 0 Å². The summed E-state index contributed by atoms with van der Waals surface area (Å²) < 4.78 is 13.2. The molecule has 1 aromatic heterocycles. The van der Waals surface area contributed by atoms with Crippen molar-refractivity contribution in [3.05, 3.63) is 67.9 Å². The van der Waals surface area contributed by atoms with Crippen molar-refractivity contribution in [3.63, 3.8) is 0 Å². The molecule has 1 heterocycles. The zero-order valence-electron chi connectivity index (χ0n) is 25.4. The number of hydrogen-bond acceptors (Lipinski definition) is 15. The molecule has 1 aromatic rings. The van der Waals surface area contributed by atoms with Gasteiger partial charge in [0.25, 0.3) is 0 Å². The Bertz CT molecular complexity index is 1180. The second kappa shape index (κ2) is 25.6. The maximum Gasteiger partial charge on any atom is 0.440 e. The molecule has 0 radical (unpaired) electrons. The number of hydroxylamine groups is 3. The molecule has 0 fully saturated rings. The third kappa shape index (κ3) is 27.8. The molecule has 45 heavy (non-hydrogen) atoms. The van der Waals surface area contributed by atoms with Gasteiger partial charge in [-0.05, 0) is 41.5 Å². The Kier molecular flexibility index (Phi) is 24.6. The first-order valence-corrected chi connectivity index (χ1v) is 12.2. The van der Waals surface area contributed by atoms with Crippen molar-refractivity contribution in [2.75, 3.05) is 19.8 Å². The van der Waals surface area contributed by atoms with Gasteiger partial charge in [0.05, 0.1) is 19.8 Å². The molecule has 0 spiro atoms. The quantitative estimate of drug-likeness (QED) is 0.135. The summed E-state index contributed by atoms with van der Waals surface area (Å²) in [5.74, 6) is -2.07. The molecule has 3 amide bonds. The summed E-state index contributed by atoms with van der Waals surface area (Å²) in [6, 6.07) is 0. The van der Waals surface area contributed by atoms with Gasteiger partial charge in [0, 0.05) is 16.7 Å². The van der Waals surface area contributed by atoms with Gasteiger partial charge in [-0.1, -0.05) is 19.7 Å². The van der Waals surface area contributed by atoms with Crippen molar-refractivity contribution in [2.24, 2.45) is 0 Å². The van der Waals surface area contributed by atoms with Gasteiger partial charge in [0.1, 0.15) is 0 Å². The molecule has 6 N–H and O–H groups in total. The molecule has 0 aliphatic carbocycles. The summed E-state index contributed by atoms with van der Waals surface area (Å²) in [7, 11) is 0. The first-order valence-electron chi connectivity index (χ1n) is 12.2. The lowest BCUT2D eigenvalue weighted by atomic mass is 10.4. The van der Waals surface area contributed by atoms with E-state index in [1.54, 1.807) is 52.2 Å². The van der Waals surface area contributed by atoms with Gasteiger partial charge in [-0.25, -0.2) is 43.2 Å². The van der Waals surface area contributed by atoms with E-state index < -0.39 is 53.3 Å². The van der Waals surface area contributed by atoms with Crippen LogP contribution in [-0.2, 0) is 43.1 Å². The molecule has 252 valence electrons. The molecule has 0 unspecified atom stereocenters. The maximum absolute atomic E-state index is 10.7. The van der Waals surface area contributed by atoms with Crippen LogP contribution in [0, 0.1) is 0 Å². The minimum absolute atomic E-state index is 0.201. The van der Waals surface area contributed by atoms with E-state index in [9.17, 15) is 43.2 Å². The second-order valence-electron chi connectivity index (χ2n) is 7.34. The highest BCUT2D eigenvalue weighted by Crippen LogP contribution is 1.91. The van der Waals surface area contributed by atoms with Crippen LogP contribution in [0.2, 0.25) is 0 Å². The lowest BCUT2D eigenvalue weighted by molar-refractivity contribution is -0.145. The molecule has 21 heteroatoms. The van der Waals surface area contributed by atoms with Crippen LogP contribution in [0.5, 0.6) is 0 Å². The molecule has 1 rings (SSSR count). The zero-order chi connectivity index (χ0) is 35.5. The molecule has 0 aliphatic heterocycles. The van der Waals surface area contributed by atoms with Gasteiger partial charge in [-0.3, -0.25) is 15.0 Å². The Morgan fingerprint density at radius 3 is 0.867 bits per heavy atom. The van der Waals surface area contributed by atoms with Crippen molar-refractivity contribution in [2.45, 2.75) is 41.5 Å². The Morgan fingerprint density at radius 1 is 0.511 bits per heavy atom. The van der Waals surface area contributed by atoms with Gasteiger partial charge in [0.2, 0.25) is 0 Å².